The highest BCUT2D eigenvalue weighted by Crippen LogP contribution is 2.28. The largest absolute Gasteiger partial charge is 0.488 e. The van der Waals surface area contributed by atoms with Crippen molar-refractivity contribution in [2.45, 2.75) is 13.2 Å². The molecule has 1 aliphatic rings. The van der Waals surface area contributed by atoms with E-state index in [1.54, 1.807) is 0 Å². The molecule has 11 nitrogen and oxygen atoms in total. The zero-order chi connectivity index (χ0) is 25.8. The number of non-ortho nitro benzene ring substituents is 1. The Labute approximate surface area is 202 Å². The normalized spacial score (nSPS) is 14.2. The van der Waals surface area contributed by atoms with E-state index in [2.05, 4.69) is 10.1 Å². The van der Waals surface area contributed by atoms with E-state index in [0.717, 1.165) is 4.90 Å². The molecular weight excluding hydrogens is 477 g/mol. The molecule has 184 valence electrons. The van der Waals surface area contributed by atoms with Gasteiger partial charge in [-0.1, -0.05) is 12.1 Å². The van der Waals surface area contributed by atoms with Crippen LogP contribution in [0.4, 0.5) is 14.9 Å². The van der Waals surface area contributed by atoms with Crippen molar-refractivity contribution in [3.8, 4) is 5.75 Å². The Morgan fingerprint density at radius 1 is 1.17 bits per heavy atom. The number of nitro groups is 1. The van der Waals surface area contributed by atoms with Gasteiger partial charge in [-0.2, -0.15) is 0 Å². The molecule has 1 aliphatic heterocycles. The Kier molecular flexibility index (Phi) is 6.77. The summed E-state index contributed by atoms with van der Waals surface area (Å²) in [6.45, 7) is -0.233. The zero-order valence-corrected chi connectivity index (χ0v) is 18.7. The minimum Gasteiger partial charge on any atom is -0.488 e. The molecule has 1 N–H and O–H groups in total. The van der Waals surface area contributed by atoms with E-state index in [4.69, 9.17) is 9.15 Å². The summed E-state index contributed by atoms with van der Waals surface area (Å²) in [6.07, 6.45) is 1.26. The molecule has 0 aliphatic carbocycles. The summed E-state index contributed by atoms with van der Waals surface area (Å²) in [5.74, 6) is -1.55. The van der Waals surface area contributed by atoms with Gasteiger partial charge in [-0.15, -0.1) is 0 Å². The number of carbonyl (C=O) groups is 3. The maximum atomic E-state index is 13.1. The molecular formula is C24H18FN3O8. The fourth-order valence-corrected chi connectivity index (χ4v) is 3.34. The number of rotatable bonds is 8. The number of benzene rings is 2. The van der Waals surface area contributed by atoms with E-state index >= 15 is 0 Å². The van der Waals surface area contributed by atoms with Crippen molar-refractivity contribution in [2.24, 2.45) is 0 Å². The lowest BCUT2D eigenvalue weighted by Gasteiger charge is -2.10. The summed E-state index contributed by atoms with van der Waals surface area (Å²) in [7, 11) is 1.19. The van der Waals surface area contributed by atoms with Crippen molar-refractivity contribution in [2.75, 3.05) is 7.11 Å². The number of ether oxygens (including phenoxy) is 2. The predicted molar refractivity (Wildman–Crippen MR) is 121 cm³/mol. The van der Waals surface area contributed by atoms with Crippen LogP contribution in [0.5, 0.6) is 5.75 Å². The van der Waals surface area contributed by atoms with E-state index in [0.29, 0.717) is 5.56 Å². The second-order valence-corrected chi connectivity index (χ2v) is 7.53. The molecule has 2 aromatic carbocycles. The first-order valence-corrected chi connectivity index (χ1v) is 10.4. The van der Waals surface area contributed by atoms with Gasteiger partial charge in [0.05, 0.1) is 18.6 Å². The van der Waals surface area contributed by atoms with Crippen LogP contribution in [-0.2, 0) is 22.7 Å². The summed E-state index contributed by atoms with van der Waals surface area (Å²) >= 11 is 0. The molecule has 4 rings (SSSR count). The highest BCUT2D eigenvalue weighted by atomic mass is 19.1. The monoisotopic (exact) mass is 495 g/mol. The highest BCUT2D eigenvalue weighted by Gasteiger charge is 2.34. The third-order valence-corrected chi connectivity index (χ3v) is 5.14. The Morgan fingerprint density at radius 2 is 1.92 bits per heavy atom. The SMILES string of the molecule is COC(=O)c1ccc(CN2C(=O)NC(=Cc3cc([N+](=O)[O-])ccc3OCc3ccc(F)cc3)C2=O)o1. The Hall–Kier alpha value is -5.00. The summed E-state index contributed by atoms with van der Waals surface area (Å²) in [6, 6.07) is 11.4. The summed E-state index contributed by atoms with van der Waals surface area (Å²) in [5.41, 5.74) is 0.416. The molecule has 0 radical (unpaired) electrons. The van der Waals surface area contributed by atoms with Crippen molar-refractivity contribution in [1.29, 1.82) is 0 Å². The van der Waals surface area contributed by atoms with Crippen LogP contribution in [0, 0.1) is 15.9 Å². The number of urea groups is 1. The molecule has 3 amide bonds. The van der Waals surface area contributed by atoms with E-state index in [1.807, 2.05) is 0 Å². The van der Waals surface area contributed by atoms with E-state index < -0.39 is 28.6 Å². The van der Waals surface area contributed by atoms with Crippen LogP contribution in [-0.4, -0.2) is 34.8 Å². The number of hydrogen-bond donors (Lipinski definition) is 1. The number of nitrogens with zero attached hydrogens (tertiary/aromatic N) is 2. The first kappa shape index (κ1) is 24.1. The number of nitro benzene ring substituents is 1. The first-order chi connectivity index (χ1) is 17.2. The van der Waals surface area contributed by atoms with E-state index in [-0.39, 0.29) is 47.4 Å². The van der Waals surface area contributed by atoms with Gasteiger partial charge in [0, 0.05) is 17.7 Å². The van der Waals surface area contributed by atoms with Gasteiger partial charge < -0.3 is 19.2 Å². The number of imide groups is 1. The fraction of sp³-hybridized carbons (Fsp3) is 0.125. The Balaban J connectivity index is 1.57. The molecule has 0 atom stereocenters. The van der Waals surface area contributed by atoms with Crippen LogP contribution in [0.3, 0.4) is 0 Å². The Morgan fingerprint density at radius 3 is 2.61 bits per heavy atom. The first-order valence-electron chi connectivity index (χ1n) is 10.4. The molecule has 0 unspecified atom stereocenters. The number of methoxy groups -OCH3 is 1. The van der Waals surface area contributed by atoms with Gasteiger partial charge >= 0.3 is 12.0 Å². The zero-order valence-electron chi connectivity index (χ0n) is 18.7. The average Bonchev–Trinajstić information content (AvgIpc) is 3.44. The number of hydrogen-bond acceptors (Lipinski definition) is 8. The molecule has 0 spiro atoms. The molecule has 12 heteroatoms. The van der Waals surface area contributed by atoms with Crippen LogP contribution < -0.4 is 10.1 Å². The molecule has 1 fully saturated rings. The lowest BCUT2D eigenvalue weighted by molar-refractivity contribution is -0.384. The van der Waals surface area contributed by atoms with Crippen LogP contribution in [0.15, 0.2) is 64.7 Å². The van der Waals surface area contributed by atoms with Gasteiger partial charge in [0.1, 0.15) is 29.6 Å². The van der Waals surface area contributed by atoms with Crippen molar-refractivity contribution in [3.63, 3.8) is 0 Å². The van der Waals surface area contributed by atoms with Gasteiger partial charge in [-0.25, -0.2) is 14.0 Å². The predicted octanol–water partition coefficient (Wildman–Crippen LogP) is 3.79. The molecule has 36 heavy (non-hydrogen) atoms. The summed E-state index contributed by atoms with van der Waals surface area (Å²) in [4.78, 5) is 48.4. The highest BCUT2D eigenvalue weighted by molar-refractivity contribution is 6.14. The van der Waals surface area contributed by atoms with Gasteiger partial charge in [0.2, 0.25) is 5.76 Å². The molecule has 1 aromatic heterocycles. The van der Waals surface area contributed by atoms with Crippen molar-refractivity contribution < 1.29 is 37.6 Å². The number of furan rings is 1. The molecule has 2 heterocycles. The van der Waals surface area contributed by atoms with Crippen LogP contribution >= 0.6 is 0 Å². The molecule has 1 saturated heterocycles. The lowest BCUT2D eigenvalue weighted by Crippen LogP contribution is -2.30. The number of carbonyl (C=O) groups excluding carboxylic acids is 3. The minimum absolute atomic E-state index is 0.0295. The smallest absolute Gasteiger partial charge is 0.373 e. The molecule has 0 bridgehead atoms. The van der Waals surface area contributed by atoms with Gasteiger partial charge in [0.15, 0.2) is 0 Å². The third-order valence-electron chi connectivity index (χ3n) is 5.14. The topological polar surface area (TPSA) is 141 Å². The minimum atomic E-state index is -0.749. The van der Waals surface area contributed by atoms with Crippen LogP contribution in [0.25, 0.3) is 6.08 Å². The van der Waals surface area contributed by atoms with Crippen LogP contribution in [0.1, 0.15) is 27.4 Å². The fourth-order valence-electron chi connectivity index (χ4n) is 3.34. The number of esters is 1. The maximum Gasteiger partial charge on any atom is 0.373 e. The standard InChI is InChI=1S/C24H18FN3O8/c1-34-23(30)21-9-7-18(36-21)12-27-22(29)19(26-24(27)31)11-15-10-17(28(32)33)6-8-20(15)35-13-14-2-4-16(25)5-3-14/h2-11H,12-13H2,1H3,(H,26,31). The van der Waals surface area contributed by atoms with Gasteiger partial charge in [-0.05, 0) is 42.0 Å². The third kappa shape index (κ3) is 5.22. The second kappa shape index (κ2) is 10.1. The summed E-state index contributed by atoms with van der Waals surface area (Å²) in [5, 5.41) is 13.7. The molecule has 3 aromatic rings. The molecule has 0 saturated carbocycles. The van der Waals surface area contributed by atoms with Crippen molar-refractivity contribution in [1.82, 2.24) is 10.2 Å². The Bertz CT molecular complexity index is 1380. The van der Waals surface area contributed by atoms with Crippen molar-refractivity contribution >= 4 is 29.7 Å². The van der Waals surface area contributed by atoms with Crippen molar-refractivity contribution in [3.05, 3.63) is 98.9 Å². The van der Waals surface area contributed by atoms with E-state index in [9.17, 15) is 28.9 Å². The lowest BCUT2D eigenvalue weighted by atomic mass is 10.1. The van der Waals surface area contributed by atoms with Gasteiger partial charge in [0.25, 0.3) is 11.6 Å². The number of nitrogens with one attached hydrogen (secondary N) is 1. The second-order valence-electron chi connectivity index (χ2n) is 7.53. The van der Waals surface area contributed by atoms with Gasteiger partial charge in [-0.3, -0.25) is 19.8 Å². The summed E-state index contributed by atoms with van der Waals surface area (Å²) < 4.78 is 28.7. The number of halogens is 1. The van der Waals surface area contributed by atoms with Crippen LogP contribution in [0.2, 0.25) is 0 Å². The maximum absolute atomic E-state index is 13.1. The number of amides is 3. The van der Waals surface area contributed by atoms with E-state index in [1.165, 1.54) is 67.8 Å². The quantitative estimate of drug-likeness (QED) is 0.164. The average molecular weight is 495 g/mol.